The molecule has 2 aromatic carbocycles. The Morgan fingerprint density at radius 1 is 1.03 bits per heavy atom. The number of ether oxygens (including phenoxy) is 1. The predicted octanol–water partition coefficient (Wildman–Crippen LogP) is 6.04. The Hall–Kier alpha value is -3.87. The van der Waals surface area contributed by atoms with E-state index >= 15 is 0 Å². The van der Waals surface area contributed by atoms with Gasteiger partial charge < -0.3 is 19.8 Å². The Kier molecular flexibility index (Phi) is 6.52. The third-order valence-electron chi connectivity index (χ3n) is 6.41. The quantitative estimate of drug-likeness (QED) is 0.321. The highest BCUT2D eigenvalue weighted by Gasteiger charge is 2.60. The van der Waals surface area contributed by atoms with E-state index < -0.39 is 11.9 Å². The Morgan fingerprint density at radius 2 is 1.71 bits per heavy atom. The molecular formula is C28H30N2O5. The number of rotatable bonds is 7. The topological polar surface area (TPSA) is 97.6 Å². The van der Waals surface area contributed by atoms with Crippen molar-refractivity contribution in [1.29, 1.82) is 0 Å². The number of nitrogens with one attached hydrogen (secondary N) is 2. The Labute approximate surface area is 204 Å². The summed E-state index contributed by atoms with van der Waals surface area (Å²) >= 11 is 0. The number of fused-ring (bicyclic) bond motifs is 1. The van der Waals surface area contributed by atoms with Gasteiger partial charge in [-0.25, -0.2) is 4.79 Å². The summed E-state index contributed by atoms with van der Waals surface area (Å²) in [5, 5.41) is 6.41. The average molecular weight is 475 g/mol. The highest BCUT2D eigenvalue weighted by Crippen LogP contribution is 2.59. The van der Waals surface area contributed by atoms with Gasteiger partial charge in [0.2, 0.25) is 11.7 Å². The summed E-state index contributed by atoms with van der Waals surface area (Å²) in [6.45, 7) is 10.2. The van der Waals surface area contributed by atoms with E-state index in [0.29, 0.717) is 27.9 Å². The number of allylic oxidation sites excluding steroid dienone is 2. The predicted molar refractivity (Wildman–Crippen MR) is 135 cm³/mol. The van der Waals surface area contributed by atoms with Crippen molar-refractivity contribution < 1.29 is 23.5 Å². The van der Waals surface area contributed by atoms with Crippen LogP contribution < -0.4 is 10.6 Å². The summed E-state index contributed by atoms with van der Waals surface area (Å²) in [7, 11) is 0. The van der Waals surface area contributed by atoms with Crippen molar-refractivity contribution in [3.63, 3.8) is 0 Å². The Bertz CT molecular complexity index is 1310. The maximum absolute atomic E-state index is 13.3. The van der Waals surface area contributed by atoms with Gasteiger partial charge in [-0.05, 0) is 68.5 Å². The number of anilines is 2. The lowest BCUT2D eigenvalue weighted by Crippen LogP contribution is -2.20. The van der Waals surface area contributed by atoms with E-state index in [1.165, 1.54) is 5.57 Å². The summed E-state index contributed by atoms with van der Waals surface area (Å²) < 4.78 is 10.8. The molecule has 3 aromatic rings. The van der Waals surface area contributed by atoms with Crippen molar-refractivity contribution in [2.75, 3.05) is 17.2 Å². The zero-order valence-corrected chi connectivity index (χ0v) is 20.6. The number of hydrogen-bond donors (Lipinski definition) is 2. The van der Waals surface area contributed by atoms with Crippen molar-refractivity contribution in [3.8, 4) is 0 Å². The lowest BCUT2D eigenvalue weighted by Gasteiger charge is -2.09. The minimum Gasteiger partial charge on any atom is -0.462 e. The first kappa shape index (κ1) is 24.3. The third-order valence-corrected chi connectivity index (χ3v) is 6.41. The lowest BCUT2D eigenvalue weighted by atomic mass is 10.1. The van der Waals surface area contributed by atoms with Gasteiger partial charge in [0.1, 0.15) is 11.3 Å². The van der Waals surface area contributed by atoms with Crippen molar-refractivity contribution in [3.05, 3.63) is 71.5 Å². The molecule has 2 N–H and O–H groups in total. The van der Waals surface area contributed by atoms with E-state index in [-0.39, 0.29) is 35.5 Å². The molecule has 7 nitrogen and oxygen atoms in total. The molecule has 0 unspecified atom stereocenters. The van der Waals surface area contributed by atoms with E-state index in [9.17, 15) is 14.4 Å². The fourth-order valence-electron chi connectivity index (χ4n) is 4.47. The van der Waals surface area contributed by atoms with E-state index in [0.717, 1.165) is 0 Å². The molecule has 1 heterocycles. The Morgan fingerprint density at radius 3 is 2.37 bits per heavy atom. The second-order valence-corrected chi connectivity index (χ2v) is 9.61. The summed E-state index contributed by atoms with van der Waals surface area (Å²) in [5.74, 6) is -1.11. The zero-order valence-electron chi connectivity index (χ0n) is 20.6. The van der Waals surface area contributed by atoms with Crippen LogP contribution in [0.1, 0.15) is 55.5 Å². The SMILES string of the molecule is CCOC(=O)c1ccc(NC(=O)c2oc3ccccc3c2NC(=O)[C@@H]2[C@H](C=C(C)C)C2(C)C)cc1. The number of hydrogen-bond acceptors (Lipinski definition) is 5. The third kappa shape index (κ3) is 4.85. The number of carbonyl (C=O) groups excluding carboxylic acids is 3. The van der Waals surface area contributed by atoms with E-state index in [2.05, 4.69) is 30.6 Å². The van der Waals surface area contributed by atoms with Gasteiger partial charge in [0.05, 0.1) is 18.1 Å². The summed E-state index contributed by atoms with van der Waals surface area (Å²) in [6.07, 6.45) is 2.13. The van der Waals surface area contributed by atoms with Crippen LogP contribution in [0.2, 0.25) is 0 Å². The van der Waals surface area contributed by atoms with Crippen LogP contribution in [0.15, 0.2) is 64.6 Å². The fraction of sp³-hybridized carbons (Fsp3) is 0.321. The van der Waals surface area contributed by atoms with Crippen molar-refractivity contribution in [1.82, 2.24) is 0 Å². The zero-order chi connectivity index (χ0) is 25.3. The van der Waals surface area contributed by atoms with Crippen LogP contribution in [0.4, 0.5) is 11.4 Å². The number of para-hydroxylation sites is 1. The normalized spacial score (nSPS) is 18.0. The fourth-order valence-corrected chi connectivity index (χ4v) is 4.47. The van der Waals surface area contributed by atoms with Crippen LogP contribution in [-0.2, 0) is 9.53 Å². The molecule has 0 aliphatic heterocycles. The van der Waals surface area contributed by atoms with Crippen LogP contribution >= 0.6 is 0 Å². The second kappa shape index (κ2) is 9.41. The molecule has 0 bridgehead atoms. The number of carbonyl (C=O) groups is 3. The summed E-state index contributed by atoms with van der Waals surface area (Å²) in [5.41, 5.74) is 2.73. The molecule has 35 heavy (non-hydrogen) atoms. The van der Waals surface area contributed by atoms with Gasteiger partial charge in [0, 0.05) is 11.1 Å². The first-order valence-corrected chi connectivity index (χ1v) is 11.7. The number of esters is 1. The molecule has 1 saturated carbocycles. The molecule has 2 amide bonds. The number of furan rings is 1. The van der Waals surface area contributed by atoms with Gasteiger partial charge >= 0.3 is 5.97 Å². The summed E-state index contributed by atoms with van der Waals surface area (Å²) in [6, 6.07) is 13.6. The molecule has 0 saturated heterocycles. The van der Waals surface area contributed by atoms with Crippen molar-refractivity contribution in [2.45, 2.75) is 34.6 Å². The first-order valence-electron chi connectivity index (χ1n) is 11.7. The van der Waals surface area contributed by atoms with Crippen LogP contribution in [0, 0.1) is 17.3 Å². The largest absolute Gasteiger partial charge is 0.462 e. The van der Waals surface area contributed by atoms with E-state index in [1.54, 1.807) is 37.3 Å². The molecular weight excluding hydrogens is 444 g/mol. The second-order valence-electron chi connectivity index (χ2n) is 9.61. The number of benzene rings is 2. The molecule has 1 aromatic heterocycles. The molecule has 1 aliphatic rings. The molecule has 1 aliphatic carbocycles. The molecule has 182 valence electrons. The maximum Gasteiger partial charge on any atom is 0.338 e. The van der Waals surface area contributed by atoms with E-state index in [4.69, 9.17) is 9.15 Å². The molecule has 0 radical (unpaired) electrons. The minimum absolute atomic E-state index is 0.0197. The molecule has 1 fully saturated rings. The molecule has 0 spiro atoms. The first-order chi connectivity index (χ1) is 16.6. The van der Waals surface area contributed by atoms with Gasteiger partial charge in [-0.2, -0.15) is 0 Å². The monoisotopic (exact) mass is 474 g/mol. The molecule has 7 heteroatoms. The summed E-state index contributed by atoms with van der Waals surface area (Å²) in [4.78, 5) is 38.3. The minimum atomic E-state index is -0.503. The van der Waals surface area contributed by atoms with Crippen LogP contribution in [0.5, 0.6) is 0 Å². The van der Waals surface area contributed by atoms with Crippen molar-refractivity contribution >= 4 is 40.1 Å². The lowest BCUT2D eigenvalue weighted by molar-refractivity contribution is -0.118. The highest BCUT2D eigenvalue weighted by atomic mass is 16.5. The standard InChI is InChI=1S/C28H30N2O5/c1-6-34-27(33)17-11-13-18(14-12-17)29-26(32)24-23(19-9-7-8-10-21(19)35-24)30-25(31)22-20(15-16(2)3)28(22,4)5/h7-15,20,22H,6H2,1-5H3,(H,29,32)(H,30,31)/t20-,22-/m0/s1. The molecule has 2 atom stereocenters. The van der Waals surface area contributed by atoms with Gasteiger partial charge in [0.25, 0.3) is 5.91 Å². The van der Waals surface area contributed by atoms with Crippen LogP contribution in [0.25, 0.3) is 11.0 Å². The van der Waals surface area contributed by atoms with Gasteiger partial charge in [-0.3, -0.25) is 9.59 Å². The smallest absolute Gasteiger partial charge is 0.338 e. The maximum atomic E-state index is 13.3. The van der Waals surface area contributed by atoms with Gasteiger partial charge in [0.15, 0.2) is 0 Å². The van der Waals surface area contributed by atoms with Crippen LogP contribution in [0.3, 0.4) is 0 Å². The molecule has 4 rings (SSSR count). The highest BCUT2D eigenvalue weighted by molar-refractivity contribution is 6.15. The van der Waals surface area contributed by atoms with Crippen molar-refractivity contribution in [2.24, 2.45) is 17.3 Å². The average Bonchev–Trinajstić information content (AvgIpc) is 3.16. The van der Waals surface area contributed by atoms with Gasteiger partial charge in [-0.1, -0.05) is 37.6 Å². The van der Waals surface area contributed by atoms with Crippen LogP contribution in [-0.4, -0.2) is 24.4 Å². The van der Waals surface area contributed by atoms with E-state index in [1.807, 2.05) is 32.0 Å². The Balaban J connectivity index is 1.58. The van der Waals surface area contributed by atoms with Gasteiger partial charge in [-0.15, -0.1) is 0 Å². The number of amides is 2.